The van der Waals surface area contributed by atoms with E-state index in [1.54, 1.807) is 25.2 Å². The van der Waals surface area contributed by atoms with Crippen LogP contribution in [0.15, 0.2) is 17.3 Å². The molecule has 0 saturated heterocycles. The summed E-state index contributed by atoms with van der Waals surface area (Å²) in [5.41, 5.74) is 1.96. The largest absolute Gasteiger partial charge is 0.463 e. The van der Waals surface area contributed by atoms with Crippen LogP contribution in [0.4, 0.5) is 4.79 Å². The van der Waals surface area contributed by atoms with Crippen molar-refractivity contribution in [2.24, 2.45) is 0 Å². The molecule has 2 amide bonds. The second-order valence-electron chi connectivity index (χ2n) is 4.66. The molecule has 1 atom stereocenters. The molecule has 0 saturated carbocycles. The monoisotopic (exact) mass is 294 g/mol. The van der Waals surface area contributed by atoms with Crippen molar-refractivity contribution in [2.45, 2.75) is 33.7 Å². The molecule has 20 heavy (non-hydrogen) atoms. The van der Waals surface area contributed by atoms with Gasteiger partial charge in [-0.15, -0.1) is 11.3 Å². The van der Waals surface area contributed by atoms with Gasteiger partial charge in [-0.3, -0.25) is 0 Å². The summed E-state index contributed by atoms with van der Waals surface area (Å²) in [6.07, 6.45) is 0. The number of aryl methyl sites for hydroxylation is 2. The Labute approximate surface area is 122 Å². The van der Waals surface area contributed by atoms with E-state index in [4.69, 9.17) is 4.74 Å². The maximum Gasteiger partial charge on any atom is 0.338 e. The SMILES string of the molecule is CCOC(=O)C1=C(C)NC(=O)N[C@@H]1c1cc(C)sc1C. The van der Waals surface area contributed by atoms with Gasteiger partial charge in [0.1, 0.15) is 0 Å². The highest BCUT2D eigenvalue weighted by molar-refractivity contribution is 7.12. The average molecular weight is 294 g/mol. The van der Waals surface area contributed by atoms with E-state index in [-0.39, 0.29) is 6.03 Å². The Kier molecular flexibility index (Phi) is 4.13. The number of esters is 1. The number of amides is 2. The van der Waals surface area contributed by atoms with Crippen LogP contribution in [0.3, 0.4) is 0 Å². The van der Waals surface area contributed by atoms with Gasteiger partial charge in [0.25, 0.3) is 0 Å². The van der Waals surface area contributed by atoms with Crippen molar-refractivity contribution in [1.29, 1.82) is 0 Å². The van der Waals surface area contributed by atoms with E-state index in [2.05, 4.69) is 10.6 Å². The molecule has 5 nitrogen and oxygen atoms in total. The van der Waals surface area contributed by atoms with E-state index in [1.165, 1.54) is 0 Å². The van der Waals surface area contributed by atoms with Crippen molar-refractivity contribution >= 4 is 23.3 Å². The number of rotatable bonds is 3. The molecular formula is C14H18N2O3S. The van der Waals surface area contributed by atoms with Gasteiger partial charge in [-0.2, -0.15) is 0 Å². The Morgan fingerprint density at radius 3 is 2.65 bits per heavy atom. The fraction of sp³-hybridized carbons (Fsp3) is 0.429. The smallest absolute Gasteiger partial charge is 0.338 e. The lowest BCUT2D eigenvalue weighted by Gasteiger charge is -2.27. The molecule has 1 aromatic heterocycles. The second-order valence-corrected chi connectivity index (χ2v) is 6.12. The van der Waals surface area contributed by atoms with Gasteiger partial charge in [-0.1, -0.05) is 0 Å². The van der Waals surface area contributed by atoms with E-state index in [0.717, 1.165) is 15.3 Å². The summed E-state index contributed by atoms with van der Waals surface area (Å²) in [6.45, 7) is 7.77. The quantitative estimate of drug-likeness (QED) is 0.842. The number of thiophene rings is 1. The van der Waals surface area contributed by atoms with Crippen molar-refractivity contribution in [3.8, 4) is 0 Å². The predicted molar refractivity (Wildman–Crippen MR) is 77.5 cm³/mol. The summed E-state index contributed by atoms with van der Waals surface area (Å²) < 4.78 is 5.10. The molecule has 108 valence electrons. The van der Waals surface area contributed by atoms with Crippen LogP contribution in [-0.4, -0.2) is 18.6 Å². The van der Waals surface area contributed by atoms with Crippen molar-refractivity contribution < 1.29 is 14.3 Å². The minimum Gasteiger partial charge on any atom is -0.463 e. The zero-order valence-electron chi connectivity index (χ0n) is 12.0. The normalized spacial score (nSPS) is 18.6. The number of carbonyl (C=O) groups is 2. The molecule has 0 aliphatic carbocycles. The number of ether oxygens (including phenoxy) is 1. The molecule has 0 aromatic carbocycles. The third-order valence-corrected chi connectivity index (χ3v) is 4.14. The number of hydrogen-bond acceptors (Lipinski definition) is 4. The zero-order chi connectivity index (χ0) is 14.9. The molecule has 2 heterocycles. The summed E-state index contributed by atoms with van der Waals surface area (Å²) in [5, 5.41) is 5.43. The summed E-state index contributed by atoms with van der Waals surface area (Å²) in [6, 6.07) is 1.25. The van der Waals surface area contributed by atoms with Crippen LogP contribution in [0.5, 0.6) is 0 Å². The van der Waals surface area contributed by atoms with Crippen LogP contribution in [0.25, 0.3) is 0 Å². The van der Waals surface area contributed by atoms with Gasteiger partial charge >= 0.3 is 12.0 Å². The summed E-state index contributed by atoms with van der Waals surface area (Å²) >= 11 is 1.65. The number of hydrogen-bond donors (Lipinski definition) is 2. The Morgan fingerprint density at radius 2 is 2.10 bits per heavy atom. The number of urea groups is 1. The molecule has 1 aliphatic rings. The van der Waals surface area contributed by atoms with Gasteiger partial charge in [0.2, 0.25) is 0 Å². The molecule has 0 bridgehead atoms. The highest BCUT2D eigenvalue weighted by Crippen LogP contribution is 2.33. The van der Waals surface area contributed by atoms with Gasteiger partial charge < -0.3 is 15.4 Å². The fourth-order valence-corrected chi connectivity index (χ4v) is 3.31. The van der Waals surface area contributed by atoms with E-state index in [0.29, 0.717) is 17.9 Å². The van der Waals surface area contributed by atoms with Gasteiger partial charge in [0.05, 0.1) is 18.2 Å². The summed E-state index contributed by atoms with van der Waals surface area (Å²) in [5.74, 6) is -0.397. The highest BCUT2D eigenvalue weighted by atomic mass is 32.1. The van der Waals surface area contributed by atoms with E-state index in [9.17, 15) is 9.59 Å². The van der Waals surface area contributed by atoms with E-state index < -0.39 is 12.0 Å². The van der Waals surface area contributed by atoms with Crippen molar-refractivity contribution in [1.82, 2.24) is 10.6 Å². The number of carbonyl (C=O) groups excluding carboxylic acids is 2. The molecule has 2 N–H and O–H groups in total. The van der Waals surface area contributed by atoms with Gasteiger partial charge in [0.15, 0.2) is 0 Å². The number of allylic oxidation sites excluding steroid dienone is 1. The van der Waals surface area contributed by atoms with Gasteiger partial charge in [0, 0.05) is 15.5 Å². The van der Waals surface area contributed by atoms with Crippen molar-refractivity contribution in [3.63, 3.8) is 0 Å². The summed E-state index contributed by atoms with van der Waals surface area (Å²) in [7, 11) is 0. The average Bonchev–Trinajstić information content (AvgIpc) is 2.67. The van der Waals surface area contributed by atoms with Crippen LogP contribution < -0.4 is 10.6 Å². The van der Waals surface area contributed by atoms with Crippen molar-refractivity contribution in [3.05, 3.63) is 32.7 Å². The Morgan fingerprint density at radius 1 is 1.40 bits per heavy atom. The first-order valence-electron chi connectivity index (χ1n) is 6.46. The third-order valence-electron chi connectivity index (χ3n) is 3.15. The van der Waals surface area contributed by atoms with Crippen LogP contribution in [0.1, 0.15) is 35.2 Å². The lowest BCUT2D eigenvalue weighted by molar-refractivity contribution is -0.139. The van der Waals surface area contributed by atoms with Gasteiger partial charge in [-0.25, -0.2) is 9.59 Å². The Balaban J connectivity index is 2.47. The molecule has 1 aromatic rings. The lowest BCUT2D eigenvalue weighted by Crippen LogP contribution is -2.45. The first-order chi connectivity index (χ1) is 9.43. The molecule has 0 radical (unpaired) electrons. The van der Waals surface area contributed by atoms with Crippen LogP contribution in [0.2, 0.25) is 0 Å². The first-order valence-corrected chi connectivity index (χ1v) is 7.28. The summed E-state index contributed by atoms with van der Waals surface area (Å²) in [4.78, 5) is 26.1. The van der Waals surface area contributed by atoms with Gasteiger partial charge in [-0.05, 0) is 39.3 Å². The van der Waals surface area contributed by atoms with Crippen LogP contribution >= 0.6 is 11.3 Å². The Hall–Kier alpha value is -1.82. The highest BCUT2D eigenvalue weighted by Gasteiger charge is 2.33. The van der Waals surface area contributed by atoms with Crippen molar-refractivity contribution in [2.75, 3.05) is 6.61 Å². The van der Waals surface area contributed by atoms with E-state index >= 15 is 0 Å². The molecule has 0 fully saturated rings. The Bertz CT molecular complexity index is 589. The molecule has 0 unspecified atom stereocenters. The molecule has 0 spiro atoms. The maximum atomic E-state index is 12.1. The molecular weight excluding hydrogens is 276 g/mol. The minimum absolute atomic E-state index is 0.302. The third kappa shape index (κ3) is 2.70. The van der Waals surface area contributed by atoms with E-state index in [1.807, 2.05) is 19.9 Å². The first kappa shape index (κ1) is 14.6. The zero-order valence-corrected chi connectivity index (χ0v) is 12.8. The van der Waals surface area contributed by atoms with Crippen LogP contribution in [0, 0.1) is 13.8 Å². The standard InChI is InChI=1S/C14H18N2O3S/c1-5-19-13(17)11-8(3)15-14(18)16-12(11)10-6-7(2)20-9(10)4/h6,12H,5H2,1-4H3,(H2,15,16,18)/t12-/m1/s1. The molecule has 1 aliphatic heterocycles. The minimum atomic E-state index is -0.451. The number of nitrogens with one attached hydrogen (secondary N) is 2. The topological polar surface area (TPSA) is 67.4 Å². The predicted octanol–water partition coefficient (Wildman–Crippen LogP) is 2.56. The second kappa shape index (κ2) is 5.66. The molecule has 2 rings (SSSR count). The molecule has 6 heteroatoms. The lowest BCUT2D eigenvalue weighted by atomic mass is 9.96. The fourth-order valence-electron chi connectivity index (χ4n) is 2.34. The maximum absolute atomic E-state index is 12.1. The van der Waals surface area contributed by atoms with Crippen LogP contribution in [-0.2, 0) is 9.53 Å².